The Bertz CT molecular complexity index is 1190. The van der Waals surface area contributed by atoms with Crippen molar-refractivity contribution < 1.29 is 37.3 Å². The van der Waals surface area contributed by atoms with Crippen LogP contribution in [-0.4, -0.2) is 49.1 Å². The second-order valence-corrected chi connectivity index (χ2v) is 8.62. The van der Waals surface area contributed by atoms with Gasteiger partial charge in [0.25, 0.3) is 5.91 Å². The van der Waals surface area contributed by atoms with Crippen molar-refractivity contribution in [3.8, 4) is 11.5 Å². The number of aliphatic hydroxyl groups is 1. The Morgan fingerprint density at radius 1 is 0.895 bits per heavy atom. The Balaban J connectivity index is 1.60. The molecule has 0 aliphatic heterocycles. The lowest BCUT2D eigenvalue weighted by Crippen LogP contribution is -2.48. The highest BCUT2D eigenvalue weighted by Crippen LogP contribution is 2.23. The van der Waals surface area contributed by atoms with Gasteiger partial charge in [-0.15, -0.1) is 13.2 Å². The smallest absolute Gasteiger partial charge is 0.493 e. The second kappa shape index (κ2) is 13.7. The lowest BCUT2D eigenvalue weighted by atomic mass is 10.0. The number of alkyl halides is 3. The number of aliphatic hydroxyl groups excluding tert-OH is 1. The summed E-state index contributed by atoms with van der Waals surface area (Å²) in [6.07, 6.45) is -4.14. The van der Waals surface area contributed by atoms with Crippen molar-refractivity contribution in [2.45, 2.75) is 25.2 Å². The van der Waals surface area contributed by atoms with Crippen molar-refractivity contribution in [2.24, 2.45) is 0 Å². The highest BCUT2D eigenvalue weighted by atomic mass is 35.5. The first-order valence-electron chi connectivity index (χ1n) is 11.6. The average Bonchev–Trinajstić information content (AvgIpc) is 2.88. The molecule has 0 bridgehead atoms. The Hall–Kier alpha value is -3.76. The van der Waals surface area contributed by atoms with Gasteiger partial charge in [-0.3, -0.25) is 9.59 Å². The van der Waals surface area contributed by atoms with Gasteiger partial charge < -0.3 is 25.2 Å². The minimum atomic E-state index is -4.82. The summed E-state index contributed by atoms with van der Waals surface area (Å²) in [6.45, 7) is 0.105. The number of amides is 2. The maximum atomic E-state index is 12.8. The van der Waals surface area contributed by atoms with Crippen LogP contribution in [0.3, 0.4) is 0 Å². The molecule has 3 N–H and O–H groups in total. The Morgan fingerprint density at radius 3 is 2.11 bits per heavy atom. The van der Waals surface area contributed by atoms with Crippen LogP contribution in [0.4, 0.5) is 13.2 Å². The molecule has 0 aliphatic rings. The minimum absolute atomic E-state index is 0.00118. The van der Waals surface area contributed by atoms with Gasteiger partial charge in [0.15, 0.2) is 0 Å². The fourth-order valence-electron chi connectivity index (χ4n) is 3.46. The molecule has 0 fully saturated rings. The number of hydrogen-bond donors (Lipinski definition) is 3. The third-order valence-corrected chi connectivity index (χ3v) is 5.57. The van der Waals surface area contributed by atoms with E-state index in [0.717, 1.165) is 17.7 Å². The van der Waals surface area contributed by atoms with Crippen molar-refractivity contribution >= 4 is 23.4 Å². The van der Waals surface area contributed by atoms with Gasteiger partial charge in [0.1, 0.15) is 17.5 Å². The van der Waals surface area contributed by atoms with E-state index in [0.29, 0.717) is 29.4 Å². The average molecular weight is 551 g/mol. The number of ether oxygens (including phenoxy) is 2. The molecule has 0 aliphatic carbocycles. The fraction of sp³-hybridized carbons (Fsp3) is 0.259. The summed E-state index contributed by atoms with van der Waals surface area (Å²) < 4.78 is 46.8. The molecule has 0 heterocycles. The predicted octanol–water partition coefficient (Wildman–Crippen LogP) is 4.31. The van der Waals surface area contributed by atoms with Gasteiger partial charge in [-0.1, -0.05) is 35.9 Å². The molecular weight excluding hydrogens is 525 g/mol. The number of halogens is 4. The van der Waals surface area contributed by atoms with Crippen LogP contribution in [0, 0.1) is 0 Å². The van der Waals surface area contributed by atoms with Gasteiger partial charge in [-0.05, 0) is 59.7 Å². The summed E-state index contributed by atoms with van der Waals surface area (Å²) in [4.78, 5) is 25.4. The molecule has 0 saturated heterocycles. The first kappa shape index (κ1) is 28.8. The standard InChI is InChI=1S/C27H26ClF3N2O5/c28-21-7-1-18(2-8-21)13-16-37-22-11-5-20(6-12-22)25(35)33-24(26(36)32-14-15-34)17-19-3-9-23(10-4-19)38-27(29,30)31/h1-12,24,34H,13-17H2,(H,32,36)(H,33,35). The second-order valence-electron chi connectivity index (χ2n) is 8.19. The summed E-state index contributed by atoms with van der Waals surface area (Å²) in [7, 11) is 0. The fourth-order valence-corrected chi connectivity index (χ4v) is 3.58. The molecule has 3 rings (SSSR count). The number of carbonyl (C=O) groups is 2. The van der Waals surface area contributed by atoms with Gasteiger partial charge in [-0.2, -0.15) is 0 Å². The molecule has 11 heteroatoms. The van der Waals surface area contributed by atoms with E-state index in [1.54, 1.807) is 36.4 Å². The summed E-state index contributed by atoms with van der Waals surface area (Å²) in [5.41, 5.74) is 1.84. The lowest BCUT2D eigenvalue weighted by molar-refractivity contribution is -0.274. The van der Waals surface area contributed by atoms with Gasteiger partial charge in [-0.25, -0.2) is 0 Å². The Kier molecular flexibility index (Phi) is 10.4. The normalized spacial score (nSPS) is 11.9. The minimum Gasteiger partial charge on any atom is -0.493 e. The molecule has 0 saturated carbocycles. The van der Waals surface area contributed by atoms with E-state index in [9.17, 15) is 22.8 Å². The van der Waals surface area contributed by atoms with Crippen LogP contribution >= 0.6 is 11.6 Å². The largest absolute Gasteiger partial charge is 0.573 e. The van der Waals surface area contributed by atoms with Crippen LogP contribution in [0.25, 0.3) is 0 Å². The van der Waals surface area contributed by atoms with Gasteiger partial charge in [0.2, 0.25) is 5.91 Å². The highest BCUT2D eigenvalue weighted by molar-refractivity contribution is 6.30. The van der Waals surface area contributed by atoms with E-state index in [-0.39, 0.29) is 25.1 Å². The summed E-state index contributed by atoms with van der Waals surface area (Å²) in [5, 5.41) is 14.8. The van der Waals surface area contributed by atoms with Crippen molar-refractivity contribution in [2.75, 3.05) is 19.8 Å². The zero-order valence-electron chi connectivity index (χ0n) is 20.1. The van der Waals surface area contributed by atoms with Crippen LogP contribution < -0.4 is 20.1 Å². The number of carbonyl (C=O) groups excluding carboxylic acids is 2. The summed E-state index contributed by atoms with van der Waals surface area (Å²) in [5.74, 6) is -0.917. The van der Waals surface area contributed by atoms with Crippen LogP contribution in [0.2, 0.25) is 5.02 Å². The molecule has 0 radical (unpaired) electrons. The zero-order chi connectivity index (χ0) is 27.5. The number of benzene rings is 3. The van der Waals surface area contributed by atoms with Crippen LogP contribution in [0.1, 0.15) is 21.5 Å². The number of hydrogen-bond acceptors (Lipinski definition) is 5. The van der Waals surface area contributed by atoms with Crippen molar-refractivity contribution in [3.63, 3.8) is 0 Å². The van der Waals surface area contributed by atoms with Crippen molar-refractivity contribution in [3.05, 3.63) is 94.5 Å². The molecule has 202 valence electrons. The third kappa shape index (κ3) is 9.60. The topological polar surface area (TPSA) is 96.9 Å². The Morgan fingerprint density at radius 2 is 1.50 bits per heavy atom. The first-order chi connectivity index (χ1) is 18.1. The van der Waals surface area contributed by atoms with E-state index in [1.807, 2.05) is 12.1 Å². The third-order valence-electron chi connectivity index (χ3n) is 5.32. The predicted molar refractivity (Wildman–Crippen MR) is 135 cm³/mol. The molecule has 2 amide bonds. The van der Waals surface area contributed by atoms with E-state index in [2.05, 4.69) is 15.4 Å². The van der Waals surface area contributed by atoms with Crippen LogP contribution in [0.5, 0.6) is 11.5 Å². The van der Waals surface area contributed by atoms with Gasteiger partial charge in [0, 0.05) is 30.0 Å². The van der Waals surface area contributed by atoms with E-state index in [4.69, 9.17) is 21.4 Å². The quantitative estimate of drug-likeness (QED) is 0.312. The van der Waals surface area contributed by atoms with E-state index >= 15 is 0 Å². The van der Waals surface area contributed by atoms with Crippen LogP contribution in [-0.2, 0) is 17.6 Å². The SMILES string of the molecule is O=C(NC(Cc1ccc(OC(F)(F)F)cc1)C(=O)NCCO)c1ccc(OCCc2ccc(Cl)cc2)cc1. The van der Waals surface area contributed by atoms with Crippen molar-refractivity contribution in [1.82, 2.24) is 10.6 Å². The molecule has 1 atom stereocenters. The Labute approximate surface area is 222 Å². The van der Waals surface area contributed by atoms with E-state index in [1.165, 1.54) is 12.1 Å². The summed E-state index contributed by atoms with van der Waals surface area (Å²) in [6, 6.07) is 17.8. The molecule has 38 heavy (non-hydrogen) atoms. The molecule has 7 nitrogen and oxygen atoms in total. The van der Waals surface area contributed by atoms with Gasteiger partial charge >= 0.3 is 6.36 Å². The van der Waals surface area contributed by atoms with Crippen molar-refractivity contribution in [1.29, 1.82) is 0 Å². The van der Waals surface area contributed by atoms with Gasteiger partial charge in [0.05, 0.1) is 13.2 Å². The molecule has 3 aromatic carbocycles. The number of rotatable bonds is 12. The molecule has 1 unspecified atom stereocenters. The molecular formula is C27H26ClF3N2O5. The monoisotopic (exact) mass is 550 g/mol. The lowest BCUT2D eigenvalue weighted by Gasteiger charge is -2.19. The maximum Gasteiger partial charge on any atom is 0.573 e. The maximum absolute atomic E-state index is 12.8. The van der Waals surface area contributed by atoms with E-state index < -0.39 is 30.0 Å². The molecule has 3 aromatic rings. The molecule has 0 aromatic heterocycles. The first-order valence-corrected chi connectivity index (χ1v) is 12.0. The number of nitrogens with one attached hydrogen (secondary N) is 2. The zero-order valence-corrected chi connectivity index (χ0v) is 20.9. The summed E-state index contributed by atoms with van der Waals surface area (Å²) >= 11 is 5.88. The highest BCUT2D eigenvalue weighted by Gasteiger charge is 2.31. The van der Waals surface area contributed by atoms with Crippen LogP contribution in [0.15, 0.2) is 72.8 Å². The molecule has 0 spiro atoms.